The third-order valence-corrected chi connectivity index (χ3v) is 1.85. The molecule has 0 aromatic carbocycles. The Kier molecular flexibility index (Phi) is 3.55. The van der Waals surface area contributed by atoms with Gasteiger partial charge in [-0.15, -0.1) is 0 Å². The van der Waals surface area contributed by atoms with Crippen molar-refractivity contribution in [1.82, 2.24) is 9.55 Å². The molecule has 0 aliphatic carbocycles. The number of carbonyl (C=O) groups is 2. The molecule has 0 aliphatic heterocycles. The van der Waals surface area contributed by atoms with E-state index >= 15 is 0 Å². The Morgan fingerprint density at radius 2 is 2.06 bits per heavy atom. The molecule has 0 saturated carbocycles. The highest BCUT2D eigenvalue weighted by Crippen LogP contribution is 2.11. The fourth-order valence-electron chi connectivity index (χ4n) is 1.27. The first-order chi connectivity index (χ1) is 7.69. The lowest BCUT2D eigenvalue weighted by atomic mass is 10.2. The number of nitrogens with zero attached hydrogens (tertiary/aromatic N) is 2. The molecule has 0 radical (unpaired) electrons. The number of aryl methyl sites for hydroxylation is 1. The first-order valence-electron chi connectivity index (χ1n) is 5.19. The Bertz CT molecular complexity index is 443. The van der Waals surface area contributed by atoms with Crippen molar-refractivity contribution in [3.05, 3.63) is 17.7 Å². The van der Waals surface area contributed by atoms with Crippen molar-refractivity contribution in [3.63, 3.8) is 0 Å². The molecule has 1 rings (SSSR count). The van der Waals surface area contributed by atoms with Gasteiger partial charge in [0, 0.05) is 6.20 Å². The Hall–Kier alpha value is -1.85. The zero-order valence-corrected chi connectivity index (χ0v) is 10.4. The molecule has 0 fully saturated rings. The van der Waals surface area contributed by atoms with Crippen molar-refractivity contribution in [1.29, 1.82) is 0 Å². The maximum Gasteiger partial charge on any atom is 0.419 e. The molecule has 94 valence electrons. The van der Waals surface area contributed by atoms with Gasteiger partial charge in [0.05, 0.1) is 12.1 Å². The first kappa shape index (κ1) is 13.2. The third kappa shape index (κ3) is 3.90. The van der Waals surface area contributed by atoms with Crippen LogP contribution in [0.5, 0.6) is 0 Å². The van der Waals surface area contributed by atoms with E-state index in [0.717, 1.165) is 0 Å². The largest absolute Gasteiger partial charge is 0.481 e. The van der Waals surface area contributed by atoms with Crippen LogP contribution in [0.1, 0.15) is 32.3 Å². The molecule has 0 spiro atoms. The second-order valence-corrected chi connectivity index (χ2v) is 4.70. The molecule has 6 nitrogen and oxygen atoms in total. The van der Waals surface area contributed by atoms with Crippen LogP contribution in [0, 0.1) is 6.92 Å². The molecule has 1 heterocycles. The highest BCUT2D eigenvalue weighted by molar-refractivity contribution is 5.73. The second kappa shape index (κ2) is 4.57. The van der Waals surface area contributed by atoms with E-state index in [9.17, 15) is 9.59 Å². The lowest BCUT2D eigenvalue weighted by molar-refractivity contribution is -0.136. The topological polar surface area (TPSA) is 81.4 Å². The van der Waals surface area contributed by atoms with Gasteiger partial charge in [-0.3, -0.25) is 4.79 Å². The van der Waals surface area contributed by atoms with Gasteiger partial charge in [0.1, 0.15) is 11.4 Å². The van der Waals surface area contributed by atoms with E-state index in [1.807, 2.05) is 0 Å². The van der Waals surface area contributed by atoms with E-state index in [2.05, 4.69) is 4.98 Å². The molecule has 0 atom stereocenters. The first-order valence-corrected chi connectivity index (χ1v) is 5.19. The van der Waals surface area contributed by atoms with Gasteiger partial charge in [0.2, 0.25) is 0 Å². The summed E-state index contributed by atoms with van der Waals surface area (Å²) in [6, 6.07) is 0. The minimum atomic E-state index is -0.987. The van der Waals surface area contributed by atoms with E-state index in [1.165, 1.54) is 10.8 Å². The summed E-state index contributed by atoms with van der Waals surface area (Å²) in [6.45, 7) is 6.90. The van der Waals surface area contributed by atoms with Crippen LogP contribution in [-0.4, -0.2) is 32.3 Å². The summed E-state index contributed by atoms with van der Waals surface area (Å²) in [7, 11) is 0. The summed E-state index contributed by atoms with van der Waals surface area (Å²) in [5, 5.41) is 8.63. The van der Waals surface area contributed by atoms with Crippen LogP contribution in [0.2, 0.25) is 0 Å². The van der Waals surface area contributed by atoms with Crippen LogP contribution in [0.25, 0.3) is 0 Å². The monoisotopic (exact) mass is 240 g/mol. The molecule has 0 amide bonds. The predicted molar refractivity (Wildman–Crippen MR) is 59.9 cm³/mol. The van der Waals surface area contributed by atoms with Gasteiger partial charge in [0.15, 0.2) is 0 Å². The van der Waals surface area contributed by atoms with Gasteiger partial charge in [-0.2, -0.15) is 0 Å². The lowest BCUT2D eigenvalue weighted by Crippen LogP contribution is -2.27. The normalized spacial score (nSPS) is 11.3. The smallest absolute Gasteiger partial charge is 0.419 e. The fraction of sp³-hybridized carbons (Fsp3) is 0.545. The molecular weight excluding hydrogens is 224 g/mol. The van der Waals surface area contributed by atoms with Crippen molar-refractivity contribution in [2.24, 2.45) is 0 Å². The van der Waals surface area contributed by atoms with Gasteiger partial charge < -0.3 is 9.84 Å². The minimum absolute atomic E-state index is 0.212. The van der Waals surface area contributed by atoms with Crippen LogP contribution in [0.15, 0.2) is 6.20 Å². The molecule has 0 aliphatic rings. The number of carbonyl (C=O) groups excluding carboxylic acids is 1. The van der Waals surface area contributed by atoms with Gasteiger partial charge in [0.25, 0.3) is 0 Å². The maximum absolute atomic E-state index is 11.7. The summed E-state index contributed by atoms with van der Waals surface area (Å²) < 4.78 is 6.37. The van der Waals surface area contributed by atoms with Gasteiger partial charge in [-0.1, -0.05) is 0 Å². The van der Waals surface area contributed by atoms with Gasteiger partial charge in [-0.05, 0) is 27.7 Å². The number of hydrogen-bond donors (Lipinski definition) is 1. The Balaban J connectivity index is 2.88. The van der Waals surface area contributed by atoms with E-state index in [0.29, 0.717) is 11.5 Å². The molecule has 17 heavy (non-hydrogen) atoms. The van der Waals surface area contributed by atoms with Crippen molar-refractivity contribution in [2.45, 2.75) is 39.7 Å². The Morgan fingerprint density at radius 1 is 1.47 bits per heavy atom. The predicted octanol–water partition coefficient (Wildman–Crippen LogP) is 1.60. The number of carboxylic acids is 1. The van der Waals surface area contributed by atoms with Crippen molar-refractivity contribution in [3.8, 4) is 0 Å². The summed E-state index contributed by atoms with van der Waals surface area (Å²) in [4.78, 5) is 26.2. The van der Waals surface area contributed by atoms with Crippen LogP contribution in [-0.2, 0) is 16.0 Å². The van der Waals surface area contributed by atoms with E-state index < -0.39 is 17.7 Å². The zero-order valence-electron chi connectivity index (χ0n) is 10.4. The minimum Gasteiger partial charge on any atom is -0.481 e. The second-order valence-electron chi connectivity index (χ2n) is 4.70. The highest BCUT2D eigenvalue weighted by Gasteiger charge is 2.20. The molecule has 0 saturated heterocycles. The summed E-state index contributed by atoms with van der Waals surface area (Å²) in [5.74, 6) is -0.575. The van der Waals surface area contributed by atoms with Crippen LogP contribution in [0.3, 0.4) is 0 Å². The third-order valence-electron chi connectivity index (χ3n) is 1.85. The fourth-order valence-corrected chi connectivity index (χ4v) is 1.27. The summed E-state index contributed by atoms with van der Waals surface area (Å²) in [6.07, 6.45) is 0.618. The molecule has 6 heteroatoms. The van der Waals surface area contributed by atoms with Crippen molar-refractivity contribution in [2.75, 3.05) is 0 Å². The molecule has 0 bridgehead atoms. The van der Waals surface area contributed by atoms with E-state index in [4.69, 9.17) is 9.84 Å². The molecule has 0 unspecified atom stereocenters. The average Bonchev–Trinajstić information content (AvgIpc) is 2.42. The number of ether oxygens (including phenoxy) is 1. The highest BCUT2D eigenvalue weighted by atomic mass is 16.6. The lowest BCUT2D eigenvalue weighted by Gasteiger charge is -2.19. The number of hydrogen-bond acceptors (Lipinski definition) is 4. The Morgan fingerprint density at radius 3 is 2.53 bits per heavy atom. The quantitative estimate of drug-likeness (QED) is 0.849. The summed E-state index contributed by atoms with van der Waals surface area (Å²) in [5.41, 5.74) is -0.262. The number of imidazole rings is 1. The van der Waals surface area contributed by atoms with Crippen molar-refractivity contribution < 1.29 is 19.4 Å². The van der Waals surface area contributed by atoms with E-state index in [1.54, 1.807) is 27.7 Å². The van der Waals surface area contributed by atoms with Gasteiger partial charge >= 0.3 is 12.1 Å². The average molecular weight is 240 g/mol. The van der Waals surface area contributed by atoms with Gasteiger partial charge in [-0.25, -0.2) is 14.3 Å². The Labute approximate surface area is 99.2 Å². The number of aromatic nitrogens is 2. The van der Waals surface area contributed by atoms with Crippen molar-refractivity contribution >= 4 is 12.1 Å². The maximum atomic E-state index is 11.7. The molecular formula is C11H16N2O4. The zero-order chi connectivity index (χ0) is 13.2. The standard InChI is InChI=1S/C11H16N2O4/c1-7-12-8(5-9(14)15)6-13(7)10(16)17-11(2,3)4/h6H,5H2,1-4H3,(H,14,15). The van der Waals surface area contributed by atoms with Crippen LogP contribution < -0.4 is 0 Å². The summed E-state index contributed by atoms with van der Waals surface area (Å²) >= 11 is 0. The molecule has 1 aromatic heterocycles. The number of aliphatic carboxylic acids is 1. The molecule has 1 N–H and O–H groups in total. The number of carboxylic acid groups (broad SMARTS) is 1. The van der Waals surface area contributed by atoms with Crippen LogP contribution in [0.4, 0.5) is 4.79 Å². The van der Waals surface area contributed by atoms with E-state index in [-0.39, 0.29) is 6.42 Å². The SMILES string of the molecule is Cc1nc(CC(=O)O)cn1C(=O)OC(C)(C)C. The number of rotatable bonds is 2. The molecule has 1 aromatic rings. The van der Waals surface area contributed by atoms with Crippen LogP contribution >= 0.6 is 0 Å².